The topological polar surface area (TPSA) is 13.1 Å². The van der Waals surface area contributed by atoms with E-state index in [2.05, 4.69) is 81.9 Å². The Bertz CT molecular complexity index is 1410. The van der Waals surface area contributed by atoms with Crippen molar-refractivity contribution < 1.29 is 9.30 Å². The van der Waals surface area contributed by atoms with Crippen LogP contribution in [0.25, 0.3) is 32.8 Å². The monoisotopic (exact) mass is 422 g/mol. The van der Waals surface area contributed by atoms with Crippen LogP contribution in [0, 0.1) is 13.8 Å². The molecule has 2 heterocycles. The smallest absolute Gasteiger partial charge is 0.257 e. The summed E-state index contributed by atoms with van der Waals surface area (Å²) in [5.41, 5.74) is 8.04. The third-order valence-electron chi connectivity index (χ3n) is 7.91. The Labute approximate surface area is 190 Å². The summed E-state index contributed by atoms with van der Waals surface area (Å²) in [6.45, 7) is 9.02. The maximum absolute atomic E-state index is 6.83. The molecule has 6 rings (SSSR count). The van der Waals surface area contributed by atoms with Crippen LogP contribution in [0.2, 0.25) is 0 Å². The Balaban J connectivity index is 1.70. The fourth-order valence-electron chi connectivity index (χ4n) is 5.94. The van der Waals surface area contributed by atoms with Crippen molar-refractivity contribution in [1.82, 2.24) is 0 Å². The summed E-state index contributed by atoms with van der Waals surface area (Å²) in [7, 11) is 2.16. The van der Waals surface area contributed by atoms with E-state index in [1.165, 1.54) is 80.7 Å². The Morgan fingerprint density at radius 3 is 2.50 bits per heavy atom. The molecule has 0 atom stereocenters. The zero-order chi connectivity index (χ0) is 22.1. The van der Waals surface area contributed by atoms with Crippen LogP contribution < -0.4 is 9.30 Å². The van der Waals surface area contributed by atoms with Crippen molar-refractivity contribution in [3.05, 3.63) is 64.8 Å². The van der Waals surface area contributed by atoms with Gasteiger partial charge in [0.2, 0.25) is 5.75 Å². The molecule has 1 fully saturated rings. The highest BCUT2D eigenvalue weighted by atomic mass is 16.5. The average Bonchev–Trinajstić information content (AvgIpc) is 3.31. The van der Waals surface area contributed by atoms with Gasteiger partial charge in [0.25, 0.3) is 5.69 Å². The second-order valence-corrected chi connectivity index (χ2v) is 10.3. The predicted octanol–water partition coefficient (Wildman–Crippen LogP) is 7.99. The van der Waals surface area contributed by atoms with Gasteiger partial charge in [-0.25, -0.2) is 0 Å². The van der Waals surface area contributed by atoms with Gasteiger partial charge >= 0.3 is 0 Å². The zero-order valence-corrected chi connectivity index (χ0v) is 19.9. The molecule has 0 amide bonds. The highest BCUT2D eigenvalue weighted by molar-refractivity contribution is 6.07. The Morgan fingerprint density at radius 1 is 0.969 bits per heavy atom. The number of aryl methyl sites for hydroxylation is 2. The predicted molar refractivity (Wildman–Crippen MR) is 133 cm³/mol. The van der Waals surface area contributed by atoms with Crippen LogP contribution in [-0.2, 0) is 7.05 Å². The first-order valence-electron chi connectivity index (χ1n) is 12.1. The summed E-state index contributed by atoms with van der Waals surface area (Å²) >= 11 is 0. The molecule has 0 N–H and O–H groups in total. The van der Waals surface area contributed by atoms with Gasteiger partial charge in [0.1, 0.15) is 12.8 Å². The number of rotatable bonds is 2. The molecule has 1 aliphatic heterocycles. The first-order valence-corrected chi connectivity index (χ1v) is 12.1. The molecule has 3 aromatic carbocycles. The average molecular weight is 423 g/mol. The van der Waals surface area contributed by atoms with Crippen LogP contribution in [0.5, 0.6) is 11.5 Å². The molecule has 2 aliphatic rings. The van der Waals surface area contributed by atoms with Gasteiger partial charge in [0.15, 0.2) is 6.20 Å². The molecule has 32 heavy (non-hydrogen) atoms. The van der Waals surface area contributed by atoms with Crippen molar-refractivity contribution in [2.24, 2.45) is 7.05 Å². The van der Waals surface area contributed by atoms with Crippen LogP contribution in [0.3, 0.4) is 0 Å². The molecular weight excluding hydrogens is 390 g/mol. The minimum Gasteiger partial charge on any atom is -0.449 e. The molecule has 2 heteroatoms. The SMILES string of the molecule is Cc1cc2cc(C(C)C)cc3c2c(c1C)-c1c(c2cc(C4CCCC4)ccc2c[n+]1C)O3. The van der Waals surface area contributed by atoms with Crippen molar-refractivity contribution in [1.29, 1.82) is 0 Å². The molecule has 0 spiro atoms. The summed E-state index contributed by atoms with van der Waals surface area (Å²) in [6.07, 6.45) is 7.61. The van der Waals surface area contributed by atoms with E-state index in [9.17, 15) is 0 Å². The normalized spacial score (nSPS) is 15.6. The summed E-state index contributed by atoms with van der Waals surface area (Å²) < 4.78 is 9.10. The van der Waals surface area contributed by atoms with Crippen LogP contribution in [-0.4, -0.2) is 0 Å². The van der Waals surface area contributed by atoms with E-state index < -0.39 is 0 Å². The van der Waals surface area contributed by atoms with E-state index in [0.717, 1.165) is 11.5 Å². The molecule has 1 aromatic heterocycles. The molecule has 0 radical (unpaired) electrons. The number of benzene rings is 3. The van der Waals surface area contributed by atoms with Crippen molar-refractivity contribution in [2.75, 3.05) is 0 Å². The first kappa shape index (κ1) is 19.8. The molecule has 162 valence electrons. The minimum atomic E-state index is 0.461. The van der Waals surface area contributed by atoms with Crippen LogP contribution in [0.15, 0.2) is 42.6 Å². The third kappa shape index (κ3) is 2.81. The Hall–Kier alpha value is -2.87. The van der Waals surface area contributed by atoms with Crippen molar-refractivity contribution in [2.45, 2.75) is 65.2 Å². The van der Waals surface area contributed by atoms with Crippen LogP contribution >= 0.6 is 0 Å². The first-order chi connectivity index (χ1) is 15.4. The van der Waals surface area contributed by atoms with Gasteiger partial charge in [-0.2, -0.15) is 4.57 Å². The van der Waals surface area contributed by atoms with Gasteiger partial charge in [-0.05, 0) is 84.4 Å². The number of nitrogens with zero attached hydrogens (tertiary/aromatic N) is 1. The molecule has 4 aromatic rings. The quantitative estimate of drug-likeness (QED) is 0.263. The lowest BCUT2D eigenvalue weighted by atomic mass is 9.87. The molecule has 0 unspecified atom stereocenters. The van der Waals surface area contributed by atoms with E-state index in [0.29, 0.717) is 11.8 Å². The number of aromatic nitrogens is 1. The molecule has 2 nitrogen and oxygen atoms in total. The molecule has 1 saturated carbocycles. The van der Waals surface area contributed by atoms with Gasteiger partial charge in [-0.1, -0.05) is 44.9 Å². The number of hydrogen-bond donors (Lipinski definition) is 0. The van der Waals surface area contributed by atoms with E-state index in [1.54, 1.807) is 0 Å². The number of ether oxygens (including phenoxy) is 1. The minimum absolute atomic E-state index is 0.461. The highest BCUT2D eigenvalue weighted by Crippen LogP contribution is 2.50. The van der Waals surface area contributed by atoms with Gasteiger partial charge < -0.3 is 4.74 Å². The van der Waals surface area contributed by atoms with Gasteiger partial charge in [-0.15, -0.1) is 0 Å². The molecule has 0 bridgehead atoms. The third-order valence-corrected chi connectivity index (χ3v) is 7.91. The molecule has 1 aliphatic carbocycles. The number of pyridine rings is 1. The summed E-state index contributed by atoms with van der Waals surface area (Å²) in [6, 6.07) is 14.0. The van der Waals surface area contributed by atoms with E-state index in [-0.39, 0.29) is 0 Å². The van der Waals surface area contributed by atoms with Crippen molar-refractivity contribution in [3.63, 3.8) is 0 Å². The fourth-order valence-corrected chi connectivity index (χ4v) is 5.94. The van der Waals surface area contributed by atoms with Gasteiger partial charge in [0, 0.05) is 16.2 Å². The van der Waals surface area contributed by atoms with E-state index >= 15 is 0 Å². The van der Waals surface area contributed by atoms with Gasteiger partial charge in [0.05, 0.1) is 5.56 Å². The molecular formula is C30H32NO+. The maximum Gasteiger partial charge on any atom is 0.257 e. The summed E-state index contributed by atoms with van der Waals surface area (Å²) in [5.74, 6) is 3.19. The van der Waals surface area contributed by atoms with Gasteiger partial charge in [-0.3, -0.25) is 0 Å². The largest absolute Gasteiger partial charge is 0.449 e. The highest BCUT2D eigenvalue weighted by Gasteiger charge is 2.32. The summed E-state index contributed by atoms with van der Waals surface area (Å²) in [5, 5.41) is 5.04. The second-order valence-electron chi connectivity index (χ2n) is 10.3. The maximum atomic E-state index is 6.83. The Morgan fingerprint density at radius 2 is 1.75 bits per heavy atom. The lowest BCUT2D eigenvalue weighted by Gasteiger charge is -2.24. The van der Waals surface area contributed by atoms with Crippen molar-refractivity contribution >= 4 is 21.5 Å². The lowest BCUT2D eigenvalue weighted by Crippen LogP contribution is -2.32. The number of fused-ring (bicyclic) bond motifs is 4. The number of hydrogen-bond acceptors (Lipinski definition) is 1. The fraction of sp³-hybridized carbons (Fsp3) is 0.367. The Kier molecular flexibility index (Phi) is 4.37. The second kappa shape index (κ2) is 7.07. The summed E-state index contributed by atoms with van der Waals surface area (Å²) in [4.78, 5) is 0. The van der Waals surface area contributed by atoms with Crippen LogP contribution in [0.4, 0.5) is 0 Å². The standard InChI is InChI=1S/C30H32NO/c1-17(2)23-13-24-12-18(3)19(4)27-28(24)26(15-23)32-30-25-14-21(20-8-6-7-9-20)10-11-22(25)16-31(5)29(27)30/h10-17,20H,6-9H2,1-5H3/q+1. The lowest BCUT2D eigenvalue weighted by molar-refractivity contribution is -0.659. The van der Waals surface area contributed by atoms with E-state index in [4.69, 9.17) is 4.74 Å². The van der Waals surface area contributed by atoms with Crippen molar-refractivity contribution in [3.8, 4) is 22.8 Å². The van der Waals surface area contributed by atoms with Crippen LogP contribution in [0.1, 0.15) is 73.6 Å². The zero-order valence-electron chi connectivity index (χ0n) is 19.9. The van der Waals surface area contributed by atoms with E-state index in [1.807, 2.05) is 0 Å². The molecule has 0 saturated heterocycles.